The second kappa shape index (κ2) is 9.14. The smallest absolute Gasteiger partial charge is 0.407 e. The summed E-state index contributed by atoms with van der Waals surface area (Å²) in [5, 5.41) is 14.4. The molecule has 0 bridgehead atoms. The highest BCUT2D eigenvalue weighted by Gasteiger charge is 2.27. The van der Waals surface area contributed by atoms with Crippen molar-refractivity contribution in [1.82, 2.24) is 10.6 Å². The summed E-state index contributed by atoms with van der Waals surface area (Å²) < 4.78 is 5.19. The van der Waals surface area contributed by atoms with Gasteiger partial charge in [-0.3, -0.25) is 4.79 Å². The van der Waals surface area contributed by atoms with Crippen LogP contribution >= 0.6 is 11.6 Å². The lowest BCUT2D eigenvalue weighted by atomic mass is 9.85. The minimum absolute atomic E-state index is 0.00348. The number of nitrogens with one attached hydrogen (secondary N) is 2. The maximum Gasteiger partial charge on any atom is 0.407 e. The van der Waals surface area contributed by atoms with Gasteiger partial charge in [0.15, 0.2) is 0 Å². The van der Waals surface area contributed by atoms with Crippen LogP contribution in [0.5, 0.6) is 0 Å². The molecule has 0 aliphatic heterocycles. The topological polar surface area (TPSA) is 91.2 Å². The monoisotopic (exact) mass is 349 g/mol. The fraction of sp³-hybridized carbons (Fsp3) is 0.471. The molecule has 1 aromatic carbocycles. The molecule has 0 spiro atoms. The van der Waals surface area contributed by atoms with Gasteiger partial charge in [0.2, 0.25) is 5.91 Å². The van der Waals surface area contributed by atoms with Crippen molar-refractivity contribution < 1.29 is 14.3 Å². The molecule has 0 radical (unpaired) electrons. The van der Waals surface area contributed by atoms with Gasteiger partial charge in [0.25, 0.3) is 0 Å². The summed E-state index contributed by atoms with van der Waals surface area (Å²) in [6, 6.07) is 9.10. The van der Waals surface area contributed by atoms with E-state index < -0.39 is 6.09 Å². The summed E-state index contributed by atoms with van der Waals surface area (Å²) in [6.07, 6.45) is 2.32. The standard InChI is InChI=1S/C17H20ClN3O3/c18-15-4-2-1-3-13(15)11-24-17(23)21-14-7-5-12(6-8-14)16(22)20-10-9-19/h1-4,12,14H,5-8,10-11H2,(H,20,22)(H,21,23)/t12-,14-. The predicted octanol–water partition coefficient (Wildman–Crippen LogP) is 2.76. The van der Waals surface area contributed by atoms with E-state index in [9.17, 15) is 9.59 Å². The predicted molar refractivity (Wildman–Crippen MR) is 89.1 cm³/mol. The summed E-state index contributed by atoms with van der Waals surface area (Å²) in [6.45, 7) is 0.156. The van der Waals surface area contributed by atoms with E-state index in [4.69, 9.17) is 21.6 Å². The van der Waals surface area contributed by atoms with Gasteiger partial charge in [-0.25, -0.2) is 4.79 Å². The van der Waals surface area contributed by atoms with Crippen LogP contribution in [-0.4, -0.2) is 24.6 Å². The molecular weight excluding hydrogens is 330 g/mol. The van der Waals surface area contributed by atoms with Gasteiger partial charge in [0.05, 0.1) is 6.07 Å². The molecule has 2 amide bonds. The Kier molecular flexibility index (Phi) is 6.89. The van der Waals surface area contributed by atoms with Crippen LogP contribution in [-0.2, 0) is 16.1 Å². The van der Waals surface area contributed by atoms with Gasteiger partial charge in [0.1, 0.15) is 13.2 Å². The van der Waals surface area contributed by atoms with Crippen molar-refractivity contribution in [3.8, 4) is 6.07 Å². The molecule has 1 aliphatic rings. The lowest BCUT2D eigenvalue weighted by Crippen LogP contribution is -2.41. The Hall–Kier alpha value is -2.26. The lowest BCUT2D eigenvalue weighted by Gasteiger charge is -2.27. The first-order valence-electron chi connectivity index (χ1n) is 7.91. The normalized spacial score (nSPS) is 19.8. The number of rotatable bonds is 5. The van der Waals surface area contributed by atoms with E-state index in [0.29, 0.717) is 30.7 Å². The largest absolute Gasteiger partial charge is 0.445 e. The molecule has 7 heteroatoms. The highest BCUT2D eigenvalue weighted by Crippen LogP contribution is 2.24. The quantitative estimate of drug-likeness (QED) is 0.799. The van der Waals surface area contributed by atoms with Gasteiger partial charge >= 0.3 is 6.09 Å². The molecule has 0 heterocycles. The molecule has 0 atom stereocenters. The molecule has 1 aliphatic carbocycles. The Bertz CT molecular complexity index is 622. The zero-order chi connectivity index (χ0) is 17.4. The van der Waals surface area contributed by atoms with Crippen molar-refractivity contribution in [3.05, 3.63) is 34.9 Å². The maximum absolute atomic E-state index is 11.9. The van der Waals surface area contributed by atoms with E-state index in [2.05, 4.69) is 10.6 Å². The number of halogens is 1. The summed E-state index contributed by atoms with van der Waals surface area (Å²) >= 11 is 6.01. The number of alkyl carbamates (subject to hydrolysis) is 1. The van der Waals surface area contributed by atoms with Gasteiger partial charge in [-0.1, -0.05) is 29.8 Å². The fourth-order valence-electron chi connectivity index (χ4n) is 2.74. The van der Waals surface area contributed by atoms with Crippen molar-refractivity contribution in [2.24, 2.45) is 5.92 Å². The lowest BCUT2D eigenvalue weighted by molar-refractivity contribution is -0.125. The third-order valence-electron chi connectivity index (χ3n) is 4.08. The molecule has 128 valence electrons. The summed E-state index contributed by atoms with van der Waals surface area (Å²) in [5.41, 5.74) is 0.757. The maximum atomic E-state index is 11.9. The number of nitrogens with zero attached hydrogens (tertiary/aromatic N) is 1. The molecule has 0 aromatic heterocycles. The first kappa shape index (κ1) is 18.1. The van der Waals surface area contributed by atoms with E-state index in [1.807, 2.05) is 18.2 Å². The molecule has 2 N–H and O–H groups in total. The minimum Gasteiger partial charge on any atom is -0.445 e. The van der Waals surface area contributed by atoms with Gasteiger partial charge in [-0.2, -0.15) is 5.26 Å². The van der Waals surface area contributed by atoms with E-state index in [0.717, 1.165) is 5.56 Å². The molecule has 1 aromatic rings. The van der Waals surface area contributed by atoms with Crippen molar-refractivity contribution in [2.45, 2.75) is 38.3 Å². The third-order valence-corrected chi connectivity index (χ3v) is 4.45. The summed E-state index contributed by atoms with van der Waals surface area (Å²) in [4.78, 5) is 23.7. The molecule has 1 fully saturated rings. The van der Waals surface area contributed by atoms with Crippen LogP contribution < -0.4 is 10.6 Å². The first-order valence-corrected chi connectivity index (χ1v) is 8.29. The van der Waals surface area contributed by atoms with Crippen LogP contribution in [0.1, 0.15) is 31.2 Å². The Balaban J connectivity index is 1.70. The van der Waals surface area contributed by atoms with Crippen LogP contribution in [0.2, 0.25) is 5.02 Å². The van der Waals surface area contributed by atoms with Crippen LogP contribution in [0.25, 0.3) is 0 Å². The third kappa shape index (κ3) is 5.43. The number of nitriles is 1. The molecule has 1 saturated carbocycles. The number of hydrogen-bond donors (Lipinski definition) is 2. The summed E-state index contributed by atoms with van der Waals surface area (Å²) in [5.74, 6) is -0.174. The van der Waals surface area contributed by atoms with E-state index in [1.54, 1.807) is 12.1 Å². The molecule has 0 unspecified atom stereocenters. The van der Waals surface area contributed by atoms with Crippen molar-refractivity contribution in [2.75, 3.05) is 6.54 Å². The Labute approximate surface area is 146 Å². The number of benzene rings is 1. The van der Waals surface area contributed by atoms with Gasteiger partial charge in [0, 0.05) is 22.5 Å². The zero-order valence-electron chi connectivity index (χ0n) is 13.3. The van der Waals surface area contributed by atoms with Crippen LogP contribution in [0, 0.1) is 17.2 Å². The Morgan fingerprint density at radius 2 is 1.96 bits per heavy atom. The van der Waals surface area contributed by atoms with E-state index >= 15 is 0 Å². The molecule has 2 rings (SSSR count). The number of carbonyl (C=O) groups excluding carboxylic acids is 2. The van der Waals surface area contributed by atoms with Crippen molar-refractivity contribution in [1.29, 1.82) is 5.26 Å². The molecule has 0 saturated heterocycles. The Morgan fingerprint density at radius 1 is 1.25 bits per heavy atom. The summed E-state index contributed by atoms with van der Waals surface area (Å²) in [7, 11) is 0. The van der Waals surface area contributed by atoms with E-state index in [-0.39, 0.29) is 31.0 Å². The second-order valence-electron chi connectivity index (χ2n) is 5.74. The minimum atomic E-state index is -0.479. The number of hydrogen-bond acceptors (Lipinski definition) is 4. The first-order chi connectivity index (χ1) is 11.6. The number of amides is 2. The Morgan fingerprint density at radius 3 is 2.62 bits per heavy atom. The highest BCUT2D eigenvalue weighted by molar-refractivity contribution is 6.31. The van der Waals surface area contributed by atoms with Gasteiger partial charge in [-0.15, -0.1) is 0 Å². The number of carbonyl (C=O) groups is 2. The molecule has 24 heavy (non-hydrogen) atoms. The zero-order valence-corrected chi connectivity index (χ0v) is 14.0. The van der Waals surface area contributed by atoms with Crippen LogP contribution in [0.15, 0.2) is 24.3 Å². The van der Waals surface area contributed by atoms with Crippen LogP contribution in [0.3, 0.4) is 0 Å². The SMILES string of the molecule is N#CCNC(=O)[C@H]1CC[C@H](NC(=O)OCc2ccccc2Cl)CC1. The second-order valence-corrected chi connectivity index (χ2v) is 6.14. The van der Waals surface area contributed by atoms with Gasteiger partial charge in [-0.05, 0) is 31.7 Å². The van der Waals surface area contributed by atoms with Crippen molar-refractivity contribution in [3.63, 3.8) is 0 Å². The molecule has 6 nitrogen and oxygen atoms in total. The molecular formula is C17H20ClN3O3. The van der Waals surface area contributed by atoms with Crippen molar-refractivity contribution >= 4 is 23.6 Å². The number of ether oxygens (including phenoxy) is 1. The van der Waals surface area contributed by atoms with E-state index in [1.165, 1.54) is 0 Å². The van der Waals surface area contributed by atoms with Crippen LogP contribution in [0.4, 0.5) is 4.79 Å². The average molecular weight is 350 g/mol. The fourth-order valence-corrected chi connectivity index (χ4v) is 2.93. The van der Waals surface area contributed by atoms with Gasteiger partial charge < -0.3 is 15.4 Å². The highest BCUT2D eigenvalue weighted by atomic mass is 35.5. The average Bonchev–Trinajstić information content (AvgIpc) is 2.59.